The summed E-state index contributed by atoms with van der Waals surface area (Å²) in [7, 11) is 0. The minimum absolute atomic E-state index is 0.0574. The second kappa shape index (κ2) is 16.6. The number of ether oxygens (including phenoxy) is 2. The monoisotopic (exact) mass is 677 g/mol. The molecule has 6 heteroatoms. The molecule has 2 saturated carbocycles. The number of aliphatic hydroxyl groups excluding tert-OH is 1. The van der Waals surface area contributed by atoms with E-state index in [-0.39, 0.29) is 46.4 Å². The van der Waals surface area contributed by atoms with E-state index in [1.165, 1.54) is 58.3 Å². The van der Waals surface area contributed by atoms with Crippen molar-refractivity contribution in [1.29, 1.82) is 0 Å². The molecule has 1 aliphatic heterocycles. The van der Waals surface area contributed by atoms with Gasteiger partial charge in [0, 0.05) is 32.1 Å². The van der Waals surface area contributed by atoms with Gasteiger partial charge in [0.1, 0.15) is 17.5 Å². The third kappa shape index (κ3) is 10.8. The van der Waals surface area contributed by atoms with Crippen LogP contribution in [0.4, 0.5) is 0 Å². The summed E-state index contributed by atoms with van der Waals surface area (Å²) in [5.74, 6) is 2.49. The van der Waals surface area contributed by atoms with Crippen molar-refractivity contribution in [1.82, 2.24) is 0 Å². The maximum Gasteiger partial charge on any atom is 0.302 e. The molecule has 1 saturated heterocycles. The predicted octanol–water partition coefficient (Wildman–Crippen LogP) is 10.00. The molecule has 2 aliphatic carbocycles. The standard InChI is InChI=1S/C42H76O6/c1-29(18-14-19-31(3)22-23-37-38(6,7)26-35(47-33(5)43)27-40(37,10)46)16-12-13-17-30(2)20-15-21-32(4)36(45)28-42-39(8,9)24-34(44)25-41(42,11)48-42/h29-32,34-35,37,44,46H,12-28H2,1-11H3/t29?,30?,31?,32?,34-,35-,37-,40+,41+,42-/m0/s1. The molecule has 0 aromatic heterocycles. The number of fused-ring (bicyclic) bond motifs is 1. The highest BCUT2D eigenvalue weighted by Gasteiger charge is 2.76. The number of hydrogen-bond donors (Lipinski definition) is 2. The highest BCUT2D eigenvalue weighted by atomic mass is 16.6. The quantitative estimate of drug-likeness (QED) is 0.0757. The summed E-state index contributed by atoms with van der Waals surface area (Å²) in [5.41, 5.74) is -1.81. The molecule has 0 spiro atoms. The molecule has 0 radical (unpaired) electrons. The topological polar surface area (TPSA) is 96.4 Å². The average Bonchev–Trinajstić information content (AvgIpc) is 3.53. The number of epoxide rings is 1. The molecule has 3 aliphatic rings. The number of carbonyl (C=O) groups is 2. The van der Waals surface area contributed by atoms with Crippen LogP contribution in [0.25, 0.3) is 0 Å². The van der Waals surface area contributed by atoms with Crippen molar-refractivity contribution in [3.63, 3.8) is 0 Å². The summed E-state index contributed by atoms with van der Waals surface area (Å²) in [6.07, 6.45) is 17.1. The molecule has 0 aromatic rings. The molecule has 48 heavy (non-hydrogen) atoms. The molecule has 10 atom stereocenters. The van der Waals surface area contributed by atoms with E-state index in [2.05, 4.69) is 62.3 Å². The molecule has 0 aromatic carbocycles. The third-order valence-corrected chi connectivity index (χ3v) is 13.4. The molecule has 3 rings (SSSR count). The first kappa shape index (κ1) is 41.4. The molecule has 0 bridgehead atoms. The van der Waals surface area contributed by atoms with Crippen molar-refractivity contribution in [2.24, 2.45) is 40.4 Å². The second-order valence-electron chi connectivity index (χ2n) is 19.2. The Balaban J connectivity index is 1.23. The maximum absolute atomic E-state index is 13.2. The number of esters is 1. The summed E-state index contributed by atoms with van der Waals surface area (Å²) in [4.78, 5) is 24.7. The molecule has 0 amide bonds. The maximum atomic E-state index is 13.2. The van der Waals surface area contributed by atoms with Gasteiger partial charge in [0.25, 0.3) is 0 Å². The van der Waals surface area contributed by atoms with Crippen molar-refractivity contribution in [3.8, 4) is 0 Å². The molecule has 1 heterocycles. The first-order valence-corrected chi connectivity index (χ1v) is 19.9. The number of unbranched alkanes of at least 4 members (excludes halogenated alkanes) is 1. The van der Waals surface area contributed by atoms with Crippen LogP contribution in [0.1, 0.15) is 185 Å². The van der Waals surface area contributed by atoms with Gasteiger partial charge in [0.05, 0.1) is 17.3 Å². The molecule has 280 valence electrons. The number of aliphatic hydroxyl groups is 2. The van der Waals surface area contributed by atoms with Crippen LogP contribution in [0.15, 0.2) is 0 Å². The zero-order valence-corrected chi connectivity index (χ0v) is 33.1. The van der Waals surface area contributed by atoms with E-state index < -0.39 is 11.2 Å². The Morgan fingerprint density at radius 2 is 1.27 bits per heavy atom. The van der Waals surface area contributed by atoms with Gasteiger partial charge in [-0.15, -0.1) is 0 Å². The van der Waals surface area contributed by atoms with Gasteiger partial charge < -0.3 is 19.7 Å². The highest BCUT2D eigenvalue weighted by Crippen LogP contribution is 2.67. The van der Waals surface area contributed by atoms with Crippen molar-refractivity contribution in [2.75, 3.05) is 0 Å². The molecule has 2 N–H and O–H groups in total. The van der Waals surface area contributed by atoms with Crippen LogP contribution in [-0.4, -0.2) is 51.0 Å². The highest BCUT2D eigenvalue weighted by molar-refractivity contribution is 5.82. The van der Waals surface area contributed by atoms with Crippen molar-refractivity contribution in [2.45, 2.75) is 214 Å². The van der Waals surface area contributed by atoms with Gasteiger partial charge in [-0.1, -0.05) is 120 Å². The van der Waals surface area contributed by atoms with Gasteiger partial charge in [-0.2, -0.15) is 0 Å². The van der Waals surface area contributed by atoms with E-state index in [0.717, 1.165) is 38.0 Å². The average molecular weight is 677 g/mol. The van der Waals surface area contributed by atoms with Crippen molar-refractivity contribution >= 4 is 11.8 Å². The predicted molar refractivity (Wildman–Crippen MR) is 196 cm³/mol. The normalized spacial score (nSPS) is 34.8. The van der Waals surface area contributed by atoms with Crippen molar-refractivity contribution in [3.05, 3.63) is 0 Å². The van der Waals surface area contributed by atoms with Gasteiger partial charge in [0.2, 0.25) is 0 Å². The van der Waals surface area contributed by atoms with E-state index in [4.69, 9.17) is 9.47 Å². The third-order valence-electron chi connectivity index (χ3n) is 13.4. The molecule has 4 unspecified atom stereocenters. The second-order valence-corrected chi connectivity index (χ2v) is 19.2. The fraction of sp³-hybridized carbons (Fsp3) is 0.952. The van der Waals surface area contributed by atoms with E-state index in [1.54, 1.807) is 0 Å². The number of ketones is 1. The molecular formula is C42H76O6. The number of Topliss-reactive ketones (excluding diaryl/α,β-unsaturated/α-hetero) is 1. The summed E-state index contributed by atoms with van der Waals surface area (Å²) in [6.45, 7) is 23.5. The van der Waals surface area contributed by atoms with E-state index in [0.29, 0.717) is 43.3 Å². The summed E-state index contributed by atoms with van der Waals surface area (Å²) in [6, 6.07) is 0. The van der Waals surface area contributed by atoms with Crippen LogP contribution in [0.3, 0.4) is 0 Å². The van der Waals surface area contributed by atoms with Crippen LogP contribution in [-0.2, 0) is 19.1 Å². The Morgan fingerprint density at radius 1 is 0.750 bits per heavy atom. The Morgan fingerprint density at radius 3 is 1.79 bits per heavy atom. The lowest BCUT2D eigenvalue weighted by Crippen LogP contribution is -2.52. The van der Waals surface area contributed by atoms with Crippen LogP contribution < -0.4 is 0 Å². The van der Waals surface area contributed by atoms with Gasteiger partial charge in [-0.25, -0.2) is 0 Å². The zero-order chi connectivity index (χ0) is 36.1. The lowest BCUT2D eigenvalue weighted by atomic mass is 9.59. The van der Waals surface area contributed by atoms with Crippen LogP contribution >= 0.6 is 0 Å². The summed E-state index contributed by atoms with van der Waals surface area (Å²) >= 11 is 0. The van der Waals surface area contributed by atoms with Gasteiger partial charge in [-0.05, 0) is 74.0 Å². The van der Waals surface area contributed by atoms with E-state index >= 15 is 0 Å². The fourth-order valence-corrected chi connectivity index (χ4v) is 10.5. The first-order chi connectivity index (χ1) is 22.1. The smallest absolute Gasteiger partial charge is 0.302 e. The SMILES string of the molecule is CC(=O)O[C@H]1CC(C)(C)[C@H](CCC(C)CCCC(C)CCCCC(C)CCCC(C)C(=O)C[C@@]23O[C@]2(C)C[C@@H](O)CC3(C)C)[C@](C)(O)C1. The fourth-order valence-electron chi connectivity index (χ4n) is 10.5. The van der Waals surface area contributed by atoms with Crippen molar-refractivity contribution < 1.29 is 29.3 Å². The first-order valence-electron chi connectivity index (χ1n) is 19.9. The minimum Gasteiger partial charge on any atom is -0.462 e. The van der Waals surface area contributed by atoms with Crippen LogP contribution in [0.5, 0.6) is 0 Å². The Labute approximate surface area is 295 Å². The Kier molecular flexibility index (Phi) is 14.3. The molecule has 6 nitrogen and oxygen atoms in total. The van der Waals surface area contributed by atoms with Crippen LogP contribution in [0.2, 0.25) is 0 Å². The lowest BCUT2D eigenvalue weighted by Gasteiger charge is -2.50. The molecule has 3 fully saturated rings. The number of rotatable bonds is 20. The zero-order valence-electron chi connectivity index (χ0n) is 33.1. The van der Waals surface area contributed by atoms with Gasteiger partial charge in [-0.3, -0.25) is 9.59 Å². The largest absolute Gasteiger partial charge is 0.462 e. The van der Waals surface area contributed by atoms with Crippen LogP contribution in [0, 0.1) is 40.4 Å². The number of hydrogen-bond acceptors (Lipinski definition) is 6. The summed E-state index contributed by atoms with van der Waals surface area (Å²) < 4.78 is 11.8. The van der Waals surface area contributed by atoms with E-state index in [1.807, 2.05) is 6.92 Å². The molecular weight excluding hydrogens is 600 g/mol. The Bertz CT molecular complexity index is 1030. The van der Waals surface area contributed by atoms with Gasteiger partial charge >= 0.3 is 5.97 Å². The summed E-state index contributed by atoms with van der Waals surface area (Å²) in [5, 5.41) is 21.6. The van der Waals surface area contributed by atoms with Gasteiger partial charge in [0.15, 0.2) is 0 Å². The number of carbonyl (C=O) groups excluding carboxylic acids is 2. The lowest BCUT2D eigenvalue weighted by molar-refractivity contribution is -0.169. The minimum atomic E-state index is -0.807. The Hall–Kier alpha value is -0.980. The van der Waals surface area contributed by atoms with E-state index in [9.17, 15) is 19.8 Å².